The number of halogens is 1. The van der Waals surface area contributed by atoms with Crippen molar-refractivity contribution in [1.82, 2.24) is 10.4 Å². The fourth-order valence-electron chi connectivity index (χ4n) is 3.27. The van der Waals surface area contributed by atoms with E-state index in [0.717, 1.165) is 30.5 Å². The van der Waals surface area contributed by atoms with Crippen LogP contribution in [0.4, 0.5) is 4.39 Å². The van der Waals surface area contributed by atoms with E-state index in [1.807, 2.05) is 18.3 Å². The second kappa shape index (κ2) is 6.33. The van der Waals surface area contributed by atoms with Crippen molar-refractivity contribution < 1.29 is 4.39 Å². The maximum Gasteiger partial charge on any atom is 0.123 e. The van der Waals surface area contributed by atoms with Gasteiger partial charge in [0.25, 0.3) is 0 Å². The Morgan fingerprint density at radius 3 is 3.05 bits per heavy atom. The summed E-state index contributed by atoms with van der Waals surface area (Å²) in [7, 11) is 0. The van der Waals surface area contributed by atoms with Gasteiger partial charge in [0.15, 0.2) is 0 Å². The number of hydrogen-bond acceptors (Lipinski definition) is 3. The van der Waals surface area contributed by atoms with Crippen molar-refractivity contribution in [2.75, 3.05) is 0 Å². The normalized spacial score (nSPS) is 19.0. The average molecular weight is 285 g/mol. The van der Waals surface area contributed by atoms with Crippen molar-refractivity contribution in [3.63, 3.8) is 0 Å². The van der Waals surface area contributed by atoms with E-state index in [1.54, 1.807) is 12.1 Å². The highest BCUT2D eigenvalue weighted by Crippen LogP contribution is 2.33. The maximum atomic E-state index is 13.3. The zero-order valence-corrected chi connectivity index (χ0v) is 11.9. The first kappa shape index (κ1) is 14.2. The second-order valence-corrected chi connectivity index (χ2v) is 5.65. The predicted molar refractivity (Wildman–Crippen MR) is 81.1 cm³/mol. The molecule has 0 spiro atoms. The number of aromatic nitrogens is 1. The lowest BCUT2D eigenvalue weighted by molar-refractivity contribution is 0.387. The Balaban J connectivity index is 1.84. The summed E-state index contributed by atoms with van der Waals surface area (Å²) in [5.74, 6) is 5.85. The molecule has 2 unspecified atom stereocenters. The van der Waals surface area contributed by atoms with Gasteiger partial charge in [0.05, 0.1) is 0 Å². The molecule has 1 aromatic carbocycles. The maximum absolute atomic E-state index is 13.3. The third kappa shape index (κ3) is 3.12. The molecule has 0 amide bonds. The first-order valence-corrected chi connectivity index (χ1v) is 7.42. The van der Waals surface area contributed by atoms with E-state index in [2.05, 4.69) is 16.5 Å². The number of hydrogen-bond donors (Lipinski definition) is 2. The Labute approximate surface area is 124 Å². The van der Waals surface area contributed by atoms with Crippen LogP contribution in [0.3, 0.4) is 0 Å². The average Bonchev–Trinajstić information content (AvgIpc) is 2.52. The van der Waals surface area contributed by atoms with E-state index in [4.69, 9.17) is 5.84 Å². The van der Waals surface area contributed by atoms with Gasteiger partial charge in [-0.15, -0.1) is 0 Å². The van der Waals surface area contributed by atoms with E-state index < -0.39 is 0 Å². The molecule has 4 heteroatoms. The van der Waals surface area contributed by atoms with Crippen LogP contribution >= 0.6 is 0 Å². The molecule has 21 heavy (non-hydrogen) atoms. The van der Waals surface area contributed by atoms with Gasteiger partial charge < -0.3 is 0 Å². The number of nitrogens with one attached hydrogen (secondary N) is 1. The number of rotatable bonds is 4. The number of fused-ring (bicyclic) bond motifs is 1. The molecule has 1 aromatic heterocycles. The molecule has 0 saturated carbocycles. The van der Waals surface area contributed by atoms with Gasteiger partial charge in [0, 0.05) is 23.9 Å². The summed E-state index contributed by atoms with van der Waals surface area (Å²) in [6.45, 7) is 0. The molecule has 1 aliphatic carbocycles. The predicted octanol–water partition coefficient (Wildman–Crippen LogP) is 2.72. The van der Waals surface area contributed by atoms with E-state index in [-0.39, 0.29) is 17.8 Å². The summed E-state index contributed by atoms with van der Waals surface area (Å²) >= 11 is 0. The van der Waals surface area contributed by atoms with Crippen molar-refractivity contribution >= 4 is 0 Å². The molecule has 1 aliphatic rings. The standard InChI is InChI=1S/C17H20FN3/c18-14-7-1-4-12(10-14)11-16(21-19)15-8-2-5-13-6-3-9-20-17(13)15/h1,3-4,6-7,9-10,15-16,21H,2,5,8,11,19H2. The minimum absolute atomic E-state index is 0.0701. The van der Waals surface area contributed by atoms with Crippen LogP contribution < -0.4 is 11.3 Å². The largest absolute Gasteiger partial charge is 0.271 e. The summed E-state index contributed by atoms with van der Waals surface area (Å²) in [6.07, 6.45) is 5.83. The number of pyridine rings is 1. The van der Waals surface area contributed by atoms with Gasteiger partial charge in [-0.2, -0.15) is 0 Å². The minimum atomic E-state index is -0.203. The smallest absolute Gasteiger partial charge is 0.123 e. The first-order chi connectivity index (χ1) is 10.3. The lowest BCUT2D eigenvalue weighted by Gasteiger charge is -2.31. The van der Waals surface area contributed by atoms with Crippen LogP contribution in [0.2, 0.25) is 0 Å². The zero-order chi connectivity index (χ0) is 14.7. The van der Waals surface area contributed by atoms with Crippen LogP contribution in [0, 0.1) is 5.82 Å². The summed E-state index contributed by atoms with van der Waals surface area (Å²) in [5.41, 5.74) is 6.33. The monoisotopic (exact) mass is 285 g/mol. The lowest BCUT2D eigenvalue weighted by Crippen LogP contribution is -2.42. The Morgan fingerprint density at radius 1 is 1.33 bits per heavy atom. The molecule has 0 fully saturated rings. The van der Waals surface area contributed by atoms with E-state index in [0.29, 0.717) is 6.42 Å². The highest BCUT2D eigenvalue weighted by atomic mass is 19.1. The van der Waals surface area contributed by atoms with Crippen LogP contribution in [-0.4, -0.2) is 11.0 Å². The van der Waals surface area contributed by atoms with Gasteiger partial charge in [-0.3, -0.25) is 16.3 Å². The zero-order valence-electron chi connectivity index (χ0n) is 11.9. The lowest BCUT2D eigenvalue weighted by atomic mass is 9.80. The first-order valence-electron chi connectivity index (χ1n) is 7.42. The quantitative estimate of drug-likeness (QED) is 0.671. The summed E-state index contributed by atoms with van der Waals surface area (Å²) in [6, 6.07) is 10.9. The Bertz CT molecular complexity index is 614. The van der Waals surface area contributed by atoms with Gasteiger partial charge in [0.1, 0.15) is 5.82 Å². The third-order valence-corrected chi connectivity index (χ3v) is 4.28. The number of aryl methyl sites for hydroxylation is 1. The fraction of sp³-hybridized carbons (Fsp3) is 0.353. The van der Waals surface area contributed by atoms with Crippen LogP contribution in [-0.2, 0) is 12.8 Å². The van der Waals surface area contributed by atoms with Gasteiger partial charge in [-0.1, -0.05) is 18.2 Å². The van der Waals surface area contributed by atoms with Gasteiger partial charge >= 0.3 is 0 Å². The molecule has 0 aliphatic heterocycles. The molecule has 3 rings (SSSR count). The Kier molecular flexibility index (Phi) is 4.27. The third-order valence-electron chi connectivity index (χ3n) is 4.28. The molecule has 110 valence electrons. The number of nitrogens with two attached hydrogens (primary N) is 1. The van der Waals surface area contributed by atoms with Crippen LogP contribution in [0.15, 0.2) is 42.6 Å². The number of benzene rings is 1. The molecule has 3 N–H and O–H groups in total. The van der Waals surface area contributed by atoms with Gasteiger partial charge in [0.2, 0.25) is 0 Å². The highest BCUT2D eigenvalue weighted by molar-refractivity contribution is 5.28. The Morgan fingerprint density at radius 2 is 2.24 bits per heavy atom. The van der Waals surface area contributed by atoms with Crippen molar-refractivity contribution in [3.05, 3.63) is 65.2 Å². The number of nitrogens with zero attached hydrogens (tertiary/aromatic N) is 1. The highest BCUT2D eigenvalue weighted by Gasteiger charge is 2.28. The fourth-order valence-corrected chi connectivity index (χ4v) is 3.27. The van der Waals surface area contributed by atoms with E-state index in [9.17, 15) is 4.39 Å². The van der Waals surface area contributed by atoms with Gasteiger partial charge in [-0.05, 0) is 55.0 Å². The molecule has 2 aromatic rings. The van der Waals surface area contributed by atoms with Crippen molar-refractivity contribution in [1.29, 1.82) is 0 Å². The van der Waals surface area contributed by atoms with E-state index in [1.165, 1.54) is 11.6 Å². The SMILES string of the molecule is NNC(Cc1cccc(F)c1)C1CCCc2cccnc21. The van der Waals surface area contributed by atoms with Crippen molar-refractivity contribution in [3.8, 4) is 0 Å². The molecule has 0 bridgehead atoms. The second-order valence-electron chi connectivity index (χ2n) is 5.65. The molecule has 2 atom stereocenters. The summed E-state index contributed by atoms with van der Waals surface area (Å²) < 4.78 is 13.3. The van der Waals surface area contributed by atoms with E-state index >= 15 is 0 Å². The van der Waals surface area contributed by atoms with Crippen LogP contribution in [0.5, 0.6) is 0 Å². The number of hydrazine groups is 1. The molecule has 3 nitrogen and oxygen atoms in total. The molecule has 0 radical (unpaired) electrons. The summed E-state index contributed by atoms with van der Waals surface area (Å²) in [5, 5.41) is 0. The topological polar surface area (TPSA) is 50.9 Å². The van der Waals surface area contributed by atoms with Crippen molar-refractivity contribution in [2.24, 2.45) is 5.84 Å². The molecular weight excluding hydrogens is 265 g/mol. The summed E-state index contributed by atoms with van der Waals surface area (Å²) in [4.78, 5) is 4.56. The molecular formula is C17H20FN3. The molecule has 1 heterocycles. The van der Waals surface area contributed by atoms with Crippen LogP contribution in [0.1, 0.15) is 35.6 Å². The van der Waals surface area contributed by atoms with Crippen molar-refractivity contribution in [2.45, 2.75) is 37.6 Å². The minimum Gasteiger partial charge on any atom is -0.271 e. The van der Waals surface area contributed by atoms with Crippen LogP contribution in [0.25, 0.3) is 0 Å². The Hall–Kier alpha value is -1.78. The molecule has 0 saturated heterocycles. The van der Waals surface area contributed by atoms with Gasteiger partial charge in [-0.25, -0.2) is 4.39 Å².